The first-order valence-corrected chi connectivity index (χ1v) is 5.44. The van der Waals surface area contributed by atoms with Crippen LogP contribution in [0.4, 0.5) is 5.82 Å². The molecule has 2 aliphatic rings. The van der Waals surface area contributed by atoms with Gasteiger partial charge in [0.1, 0.15) is 0 Å². The second-order valence-corrected chi connectivity index (χ2v) is 4.32. The molecule has 3 rings (SSSR count). The first-order valence-electron chi connectivity index (χ1n) is 5.44. The van der Waals surface area contributed by atoms with E-state index in [0.29, 0.717) is 0 Å². The van der Waals surface area contributed by atoms with Gasteiger partial charge in [0.15, 0.2) is 6.67 Å². The predicted molar refractivity (Wildman–Crippen MR) is 63.2 cm³/mol. The summed E-state index contributed by atoms with van der Waals surface area (Å²) in [5.74, 6) is 2.05. The SMILES string of the molecule is CC1=CN2C[n+]3cc(C)ccc3N=C2C=C1.[Cl-]. The van der Waals surface area contributed by atoms with Crippen molar-refractivity contribution in [2.75, 3.05) is 0 Å². The number of allylic oxidation sites excluding steroid dienone is 2. The second-order valence-electron chi connectivity index (χ2n) is 4.32. The Morgan fingerprint density at radius 1 is 1.24 bits per heavy atom. The molecule has 2 aliphatic heterocycles. The van der Waals surface area contributed by atoms with Gasteiger partial charge in [-0.3, -0.25) is 4.90 Å². The molecule has 3 nitrogen and oxygen atoms in total. The number of aryl methyl sites for hydroxylation is 1. The van der Waals surface area contributed by atoms with Crippen LogP contribution < -0.4 is 17.0 Å². The van der Waals surface area contributed by atoms with Crippen LogP contribution in [0.15, 0.2) is 47.2 Å². The Balaban J connectivity index is 0.00000108. The number of hydrogen-bond acceptors (Lipinski definition) is 2. The molecule has 0 amide bonds. The molecule has 0 saturated heterocycles. The fourth-order valence-corrected chi connectivity index (χ4v) is 2.02. The van der Waals surface area contributed by atoms with E-state index in [2.05, 4.69) is 65.0 Å². The zero-order valence-corrected chi connectivity index (χ0v) is 10.6. The van der Waals surface area contributed by atoms with E-state index in [4.69, 9.17) is 0 Å². The monoisotopic (exact) mass is 247 g/mol. The summed E-state index contributed by atoms with van der Waals surface area (Å²) in [5, 5.41) is 0. The lowest BCUT2D eigenvalue weighted by atomic mass is 10.2. The highest BCUT2D eigenvalue weighted by atomic mass is 35.5. The van der Waals surface area contributed by atoms with E-state index in [9.17, 15) is 0 Å². The highest BCUT2D eigenvalue weighted by Crippen LogP contribution is 2.18. The molecule has 0 aromatic carbocycles. The standard InChI is InChI=1S/C13H14N3.ClH/c1-10-3-5-12-14-13-6-4-11(2)8-16(13)9-15(12)7-10;/h3-8H,9H2,1-2H3;1H/q+1;/p-1. The Hall–Kier alpha value is -1.61. The molecule has 4 heteroatoms. The van der Waals surface area contributed by atoms with Crippen molar-refractivity contribution in [2.24, 2.45) is 4.99 Å². The number of pyridine rings is 1. The number of aliphatic imine (C=N–C) groups is 1. The molecule has 0 fully saturated rings. The zero-order chi connectivity index (χ0) is 11.1. The quantitative estimate of drug-likeness (QED) is 0.542. The van der Waals surface area contributed by atoms with Crippen LogP contribution in [0, 0.1) is 6.92 Å². The highest BCUT2D eigenvalue weighted by molar-refractivity contribution is 5.96. The smallest absolute Gasteiger partial charge is 0.327 e. The molecule has 0 spiro atoms. The van der Waals surface area contributed by atoms with E-state index in [1.807, 2.05) is 0 Å². The largest absolute Gasteiger partial charge is 1.00 e. The Morgan fingerprint density at radius 3 is 2.88 bits per heavy atom. The number of nitrogens with zero attached hydrogens (tertiary/aromatic N) is 3. The van der Waals surface area contributed by atoms with Crippen LogP contribution in [0.3, 0.4) is 0 Å². The molecule has 0 bridgehead atoms. The Bertz CT molecular complexity index is 544. The van der Waals surface area contributed by atoms with Gasteiger partial charge in [-0.05, 0) is 36.0 Å². The Kier molecular flexibility index (Phi) is 3.03. The summed E-state index contributed by atoms with van der Waals surface area (Å²) in [6.45, 7) is 5.05. The third-order valence-electron chi connectivity index (χ3n) is 2.83. The van der Waals surface area contributed by atoms with E-state index < -0.39 is 0 Å². The zero-order valence-electron chi connectivity index (χ0n) is 9.89. The van der Waals surface area contributed by atoms with Crippen molar-refractivity contribution >= 4 is 11.7 Å². The minimum Gasteiger partial charge on any atom is -1.00 e. The number of rotatable bonds is 0. The van der Waals surface area contributed by atoms with E-state index >= 15 is 0 Å². The lowest BCUT2D eigenvalue weighted by Gasteiger charge is -2.23. The van der Waals surface area contributed by atoms with Gasteiger partial charge < -0.3 is 12.4 Å². The van der Waals surface area contributed by atoms with E-state index in [-0.39, 0.29) is 12.4 Å². The third kappa shape index (κ3) is 2.11. The molecule has 0 atom stereocenters. The fourth-order valence-electron chi connectivity index (χ4n) is 2.02. The van der Waals surface area contributed by atoms with Crippen molar-refractivity contribution in [1.82, 2.24) is 4.90 Å². The van der Waals surface area contributed by atoms with Gasteiger partial charge in [0.2, 0.25) is 0 Å². The van der Waals surface area contributed by atoms with Crippen LogP contribution in [0.5, 0.6) is 0 Å². The minimum absolute atomic E-state index is 0. The number of amidine groups is 1. The van der Waals surface area contributed by atoms with Crippen molar-refractivity contribution in [3.8, 4) is 0 Å². The summed E-state index contributed by atoms with van der Waals surface area (Å²) in [7, 11) is 0. The van der Waals surface area contributed by atoms with Gasteiger partial charge in [-0.15, -0.1) is 0 Å². The first kappa shape index (κ1) is 11.9. The molecule has 0 saturated carbocycles. The summed E-state index contributed by atoms with van der Waals surface area (Å²) in [5.41, 5.74) is 2.52. The number of fused-ring (bicyclic) bond motifs is 2. The fraction of sp³-hybridized carbons (Fsp3) is 0.231. The topological polar surface area (TPSA) is 19.5 Å². The van der Waals surface area contributed by atoms with Crippen LogP contribution in [-0.4, -0.2) is 10.7 Å². The molecule has 1 aromatic rings. The van der Waals surface area contributed by atoms with E-state index in [1.54, 1.807) is 0 Å². The van der Waals surface area contributed by atoms with Crippen molar-refractivity contribution in [1.29, 1.82) is 0 Å². The van der Waals surface area contributed by atoms with Gasteiger partial charge >= 0.3 is 5.82 Å². The molecule has 3 heterocycles. The summed E-state index contributed by atoms with van der Waals surface area (Å²) >= 11 is 0. The first-order chi connectivity index (χ1) is 7.72. The molecular formula is C13H14ClN3. The van der Waals surface area contributed by atoms with Crippen molar-refractivity contribution in [3.63, 3.8) is 0 Å². The highest BCUT2D eigenvalue weighted by Gasteiger charge is 2.25. The maximum absolute atomic E-state index is 4.62. The van der Waals surface area contributed by atoms with Gasteiger partial charge in [-0.2, -0.15) is 0 Å². The maximum atomic E-state index is 4.62. The maximum Gasteiger partial charge on any atom is 0.327 e. The van der Waals surface area contributed by atoms with Crippen LogP contribution in [0.2, 0.25) is 0 Å². The van der Waals surface area contributed by atoms with Crippen molar-refractivity contribution in [3.05, 3.63) is 47.8 Å². The predicted octanol–water partition coefficient (Wildman–Crippen LogP) is -0.937. The average molecular weight is 248 g/mol. The molecule has 0 unspecified atom stereocenters. The van der Waals surface area contributed by atoms with Crippen LogP contribution in [0.25, 0.3) is 0 Å². The van der Waals surface area contributed by atoms with E-state index in [1.165, 1.54) is 11.1 Å². The van der Waals surface area contributed by atoms with Crippen LogP contribution in [-0.2, 0) is 6.67 Å². The second kappa shape index (κ2) is 4.34. The van der Waals surface area contributed by atoms with Gasteiger partial charge in [0.05, 0.1) is 6.20 Å². The Labute approximate surface area is 107 Å². The van der Waals surface area contributed by atoms with Crippen LogP contribution in [0.1, 0.15) is 12.5 Å². The van der Waals surface area contributed by atoms with Gasteiger partial charge in [-0.25, -0.2) is 4.57 Å². The average Bonchev–Trinajstić information content (AvgIpc) is 2.26. The molecule has 17 heavy (non-hydrogen) atoms. The molecule has 0 radical (unpaired) electrons. The lowest BCUT2D eigenvalue weighted by molar-refractivity contribution is -0.700. The summed E-state index contributed by atoms with van der Waals surface area (Å²) in [6.07, 6.45) is 8.44. The third-order valence-corrected chi connectivity index (χ3v) is 2.83. The van der Waals surface area contributed by atoms with Crippen molar-refractivity contribution < 1.29 is 17.0 Å². The normalized spacial score (nSPS) is 16.5. The number of hydrogen-bond donors (Lipinski definition) is 0. The summed E-state index contributed by atoms with van der Waals surface area (Å²) < 4.78 is 2.17. The molecular weight excluding hydrogens is 234 g/mol. The molecule has 88 valence electrons. The summed E-state index contributed by atoms with van der Waals surface area (Å²) in [6, 6.07) is 4.16. The number of aromatic nitrogens is 1. The van der Waals surface area contributed by atoms with Gasteiger partial charge in [0.25, 0.3) is 5.84 Å². The van der Waals surface area contributed by atoms with Crippen molar-refractivity contribution in [2.45, 2.75) is 20.5 Å². The lowest BCUT2D eigenvalue weighted by Crippen LogP contribution is -3.00. The summed E-state index contributed by atoms with van der Waals surface area (Å²) in [4.78, 5) is 6.79. The minimum atomic E-state index is 0. The molecule has 0 N–H and O–H groups in total. The van der Waals surface area contributed by atoms with Gasteiger partial charge in [0, 0.05) is 18.3 Å². The number of halogens is 1. The van der Waals surface area contributed by atoms with E-state index in [0.717, 1.165) is 18.3 Å². The van der Waals surface area contributed by atoms with Crippen LogP contribution >= 0.6 is 0 Å². The van der Waals surface area contributed by atoms with Gasteiger partial charge in [-0.1, -0.05) is 6.08 Å². The Morgan fingerprint density at radius 2 is 2.06 bits per heavy atom. The molecule has 0 aliphatic carbocycles. The molecule has 1 aromatic heterocycles.